The van der Waals surface area contributed by atoms with Crippen molar-refractivity contribution in [2.75, 3.05) is 20.1 Å². The van der Waals surface area contributed by atoms with E-state index >= 15 is 0 Å². The first-order chi connectivity index (χ1) is 11.2. The van der Waals surface area contributed by atoms with Gasteiger partial charge in [0.1, 0.15) is 0 Å². The maximum Gasteiger partial charge on any atom is 0.193 e. The Morgan fingerprint density at radius 1 is 1.22 bits per heavy atom. The van der Waals surface area contributed by atoms with Gasteiger partial charge in [0.05, 0.1) is 0 Å². The normalized spacial score (nSPS) is 11.3. The molecule has 2 rings (SSSR count). The SMILES string of the molecule is CCNC(=NCCc1ccccn1)N(C)Cc1ccc(Br)cc1. The topological polar surface area (TPSA) is 40.5 Å². The molecule has 0 atom stereocenters. The second kappa shape index (κ2) is 9.30. The lowest BCUT2D eigenvalue weighted by molar-refractivity contribution is 0.477. The highest BCUT2D eigenvalue weighted by atomic mass is 79.9. The summed E-state index contributed by atoms with van der Waals surface area (Å²) in [6, 6.07) is 14.4. The Balaban J connectivity index is 1.95. The summed E-state index contributed by atoms with van der Waals surface area (Å²) >= 11 is 3.47. The molecule has 1 N–H and O–H groups in total. The standard InChI is InChI=1S/C18H23BrN4/c1-3-20-18(22-13-11-17-6-4-5-12-21-17)23(2)14-15-7-9-16(19)10-8-15/h4-10,12H,3,11,13-14H2,1-2H3,(H,20,22). The number of aliphatic imine (C=N–C) groups is 1. The van der Waals surface area contributed by atoms with Crippen LogP contribution in [0.3, 0.4) is 0 Å². The van der Waals surface area contributed by atoms with Crippen molar-refractivity contribution in [3.63, 3.8) is 0 Å². The Kier molecular flexibility index (Phi) is 7.07. The average molecular weight is 375 g/mol. The summed E-state index contributed by atoms with van der Waals surface area (Å²) in [5, 5.41) is 3.35. The van der Waals surface area contributed by atoms with E-state index in [1.807, 2.05) is 24.4 Å². The molecule has 0 unspecified atom stereocenters. The molecular formula is C18H23BrN4. The number of halogens is 1. The number of nitrogens with zero attached hydrogens (tertiary/aromatic N) is 3. The number of benzene rings is 1. The van der Waals surface area contributed by atoms with Crippen LogP contribution in [-0.2, 0) is 13.0 Å². The van der Waals surface area contributed by atoms with Crippen LogP contribution in [0.4, 0.5) is 0 Å². The van der Waals surface area contributed by atoms with Crippen LogP contribution in [0.5, 0.6) is 0 Å². The van der Waals surface area contributed by atoms with Gasteiger partial charge in [-0.1, -0.05) is 34.1 Å². The molecule has 0 bridgehead atoms. The molecule has 5 heteroatoms. The minimum absolute atomic E-state index is 0.726. The fraction of sp³-hybridized carbons (Fsp3) is 0.333. The maximum absolute atomic E-state index is 4.70. The number of hydrogen-bond acceptors (Lipinski definition) is 2. The molecule has 4 nitrogen and oxygen atoms in total. The molecule has 0 aliphatic rings. The molecule has 0 radical (unpaired) electrons. The van der Waals surface area contributed by atoms with Crippen LogP contribution in [0, 0.1) is 0 Å². The van der Waals surface area contributed by atoms with Crippen LogP contribution >= 0.6 is 15.9 Å². The monoisotopic (exact) mass is 374 g/mol. The molecule has 1 heterocycles. The van der Waals surface area contributed by atoms with Crippen molar-refractivity contribution in [3.05, 3.63) is 64.4 Å². The van der Waals surface area contributed by atoms with Crippen LogP contribution < -0.4 is 5.32 Å². The molecule has 0 amide bonds. The number of hydrogen-bond donors (Lipinski definition) is 1. The fourth-order valence-corrected chi connectivity index (χ4v) is 2.49. The summed E-state index contributed by atoms with van der Waals surface area (Å²) in [6.07, 6.45) is 2.67. The van der Waals surface area contributed by atoms with E-state index in [4.69, 9.17) is 4.99 Å². The van der Waals surface area contributed by atoms with E-state index in [1.165, 1.54) is 5.56 Å². The van der Waals surface area contributed by atoms with Gasteiger partial charge in [-0.25, -0.2) is 0 Å². The lowest BCUT2D eigenvalue weighted by Gasteiger charge is -2.22. The van der Waals surface area contributed by atoms with Gasteiger partial charge in [0.2, 0.25) is 0 Å². The summed E-state index contributed by atoms with van der Waals surface area (Å²) in [6.45, 7) is 4.49. The number of nitrogens with one attached hydrogen (secondary N) is 1. The third-order valence-electron chi connectivity index (χ3n) is 3.39. The van der Waals surface area contributed by atoms with Crippen LogP contribution in [0.25, 0.3) is 0 Å². The number of guanidine groups is 1. The van der Waals surface area contributed by atoms with Crippen molar-refractivity contribution in [1.82, 2.24) is 15.2 Å². The second-order valence-electron chi connectivity index (χ2n) is 5.29. The molecule has 0 aliphatic heterocycles. The van der Waals surface area contributed by atoms with Crippen LogP contribution in [0.1, 0.15) is 18.2 Å². The van der Waals surface area contributed by atoms with E-state index < -0.39 is 0 Å². The highest BCUT2D eigenvalue weighted by molar-refractivity contribution is 9.10. The zero-order valence-corrected chi connectivity index (χ0v) is 15.3. The summed E-state index contributed by atoms with van der Waals surface area (Å²) < 4.78 is 1.10. The first-order valence-corrected chi connectivity index (χ1v) is 8.62. The molecule has 0 spiro atoms. The highest BCUT2D eigenvalue weighted by Gasteiger charge is 2.06. The molecule has 2 aromatic rings. The van der Waals surface area contributed by atoms with Crippen LogP contribution in [0.15, 0.2) is 58.1 Å². The molecule has 0 fully saturated rings. The molecule has 1 aromatic carbocycles. The van der Waals surface area contributed by atoms with E-state index in [1.54, 1.807) is 0 Å². The van der Waals surface area contributed by atoms with Gasteiger partial charge >= 0.3 is 0 Å². The van der Waals surface area contributed by atoms with Crippen molar-refractivity contribution < 1.29 is 0 Å². The van der Waals surface area contributed by atoms with E-state index in [2.05, 4.69) is 69.4 Å². The quantitative estimate of drug-likeness (QED) is 0.621. The second-order valence-corrected chi connectivity index (χ2v) is 6.20. The van der Waals surface area contributed by atoms with E-state index in [0.29, 0.717) is 0 Å². The Morgan fingerprint density at radius 2 is 2.00 bits per heavy atom. The lowest BCUT2D eigenvalue weighted by Crippen LogP contribution is -2.38. The maximum atomic E-state index is 4.70. The Bertz CT molecular complexity index is 611. The molecule has 23 heavy (non-hydrogen) atoms. The van der Waals surface area contributed by atoms with Crippen LogP contribution in [0.2, 0.25) is 0 Å². The highest BCUT2D eigenvalue weighted by Crippen LogP contribution is 2.11. The van der Waals surface area contributed by atoms with Gasteiger partial charge < -0.3 is 10.2 Å². The number of pyridine rings is 1. The van der Waals surface area contributed by atoms with E-state index in [0.717, 1.165) is 42.2 Å². The van der Waals surface area contributed by atoms with Gasteiger partial charge in [-0.05, 0) is 36.8 Å². The number of aromatic nitrogens is 1. The molecule has 122 valence electrons. The van der Waals surface area contributed by atoms with Gasteiger partial charge in [0.15, 0.2) is 5.96 Å². The summed E-state index contributed by atoms with van der Waals surface area (Å²) in [5.74, 6) is 0.923. The van der Waals surface area contributed by atoms with Gasteiger partial charge in [0.25, 0.3) is 0 Å². The third-order valence-corrected chi connectivity index (χ3v) is 3.91. The van der Waals surface area contributed by atoms with Gasteiger partial charge in [-0.3, -0.25) is 9.98 Å². The van der Waals surface area contributed by atoms with E-state index in [-0.39, 0.29) is 0 Å². The molecule has 1 aromatic heterocycles. The summed E-state index contributed by atoms with van der Waals surface area (Å²) in [5.41, 5.74) is 2.33. The fourth-order valence-electron chi connectivity index (χ4n) is 2.23. The lowest BCUT2D eigenvalue weighted by atomic mass is 10.2. The Labute approximate surface area is 146 Å². The minimum atomic E-state index is 0.726. The minimum Gasteiger partial charge on any atom is -0.357 e. The zero-order chi connectivity index (χ0) is 16.5. The first kappa shape index (κ1) is 17.5. The predicted molar refractivity (Wildman–Crippen MR) is 99.5 cm³/mol. The summed E-state index contributed by atoms with van der Waals surface area (Å²) in [7, 11) is 2.06. The first-order valence-electron chi connectivity index (χ1n) is 7.83. The van der Waals surface area contributed by atoms with Gasteiger partial charge in [-0.15, -0.1) is 0 Å². The van der Waals surface area contributed by atoms with Gasteiger partial charge in [-0.2, -0.15) is 0 Å². The van der Waals surface area contributed by atoms with Crippen molar-refractivity contribution in [2.24, 2.45) is 4.99 Å². The Hall–Kier alpha value is -1.88. The largest absolute Gasteiger partial charge is 0.357 e. The molecule has 0 aliphatic carbocycles. The van der Waals surface area contributed by atoms with Crippen LogP contribution in [-0.4, -0.2) is 36.0 Å². The van der Waals surface area contributed by atoms with E-state index in [9.17, 15) is 0 Å². The van der Waals surface area contributed by atoms with Gasteiger partial charge in [0, 0.05) is 49.5 Å². The zero-order valence-electron chi connectivity index (χ0n) is 13.7. The smallest absolute Gasteiger partial charge is 0.193 e. The molecule has 0 saturated carbocycles. The van der Waals surface area contributed by atoms with Crippen molar-refractivity contribution in [1.29, 1.82) is 0 Å². The molecular weight excluding hydrogens is 352 g/mol. The Morgan fingerprint density at radius 3 is 2.65 bits per heavy atom. The third kappa shape index (κ3) is 6.02. The van der Waals surface area contributed by atoms with Crippen molar-refractivity contribution >= 4 is 21.9 Å². The van der Waals surface area contributed by atoms with Crippen molar-refractivity contribution in [2.45, 2.75) is 19.9 Å². The molecule has 0 saturated heterocycles. The average Bonchev–Trinajstić information content (AvgIpc) is 2.57. The van der Waals surface area contributed by atoms with Crippen molar-refractivity contribution in [3.8, 4) is 0 Å². The number of rotatable bonds is 6. The summed E-state index contributed by atoms with van der Waals surface area (Å²) in [4.78, 5) is 11.2. The predicted octanol–water partition coefficient (Wildman–Crippen LogP) is 3.48.